The van der Waals surface area contributed by atoms with Gasteiger partial charge in [0.05, 0.1) is 0 Å². The molecule has 2 N–H and O–H groups in total. The number of fused-ring (bicyclic) bond motifs is 1. The number of nitrogens with one attached hydrogen (secondary N) is 1. The minimum absolute atomic E-state index is 0.366. The molecule has 0 aliphatic heterocycles. The highest BCUT2D eigenvalue weighted by atomic mass is 16.3. The lowest BCUT2D eigenvalue weighted by molar-refractivity contribution is 0.388. The van der Waals surface area contributed by atoms with Crippen LogP contribution < -0.4 is 0 Å². The van der Waals surface area contributed by atoms with Crippen molar-refractivity contribution in [2.24, 2.45) is 0 Å². The van der Waals surface area contributed by atoms with Crippen LogP contribution in [0.4, 0.5) is 0 Å². The molecule has 0 spiro atoms. The van der Waals surface area contributed by atoms with Gasteiger partial charge in [-0.1, -0.05) is 0 Å². The molecule has 1 aromatic heterocycles. The Morgan fingerprint density at radius 1 is 1.29 bits per heavy atom. The molecule has 1 heterocycles. The predicted octanol–water partition coefficient (Wildman–Crippen LogP) is 1.94. The minimum atomic E-state index is 0.366. The van der Waals surface area contributed by atoms with Gasteiger partial charge in [-0.15, -0.1) is 0 Å². The van der Waals surface area contributed by atoms with Crippen LogP contribution in [0.15, 0.2) is 24.4 Å². The summed E-state index contributed by atoms with van der Waals surface area (Å²) in [6.45, 7) is 0.751. The second kappa shape index (κ2) is 3.35. The van der Waals surface area contributed by atoms with E-state index in [-0.39, 0.29) is 0 Å². The van der Waals surface area contributed by atoms with Crippen LogP contribution in [-0.4, -0.2) is 29.1 Å². The fourth-order valence-electron chi connectivity index (χ4n) is 1.67. The van der Waals surface area contributed by atoms with Gasteiger partial charge in [0, 0.05) is 29.2 Å². The molecule has 0 bridgehead atoms. The molecule has 3 nitrogen and oxygen atoms in total. The van der Waals surface area contributed by atoms with E-state index in [4.69, 9.17) is 0 Å². The van der Waals surface area contributed by atoms with Crippen molar-refractivity contribution in [1.82, 2.24) is 9.88 Å². The van der Waals surface area contributed by atoms with E-state index in [2.05, 4.69) is 4.98 Å². The SMILES string of the molecule is CN(C)Cc1c(O)ccc2[nH]ccc12. The van der Waals surface area contributed by atoms with Gasteiger partial charge in [0.2, 0.25) is 0 Å². The van der Waals surface area contributed by atoms with Crippen molar-refractivity contribution in [2.75, 3.05) is 14.1 Å². The van der Waals surface area contributed by atoms with Gasteiger partial charge in [-0.25, -0.2) is 0 Å². The van der Waals surface area contributed by atoms with Gasteiger partial charge in [-0.3, -0.25) is 0 Å². The third-order valence-electron chi connectivity index (χ3n) is 2.30. The summed E-state index contributed by atoms with van der Waals surface area (Å²) < 4.78 is 0. The third-order valence-corrected chi connectivity index (χ3v) is 2.30. The Bertz CT molecular complexity index is 445. The molecule has 0 amide bonds. The smallest absolute Gasteiger partial charge is 0.120 e. The van der Waals surface area contributed by atoms with Gasteiger partial charge >= 0.3 is 0 Å². The molecule has 2 aromatic rings. The summed E-state index contributed by atoms with van der Waals surface area (Å²) in [5.74, 6) is 0.366. The molecule has 0 fully saturated rings. The van der Waals surface area contributed by atoms with Crippen molar-refractivity contribution in [3.63, 3.8) is 0 Å². The Balaban J connectivity index is 2.58. The van der Waals surface area contributed by atoms with E-state index in [1.165, 1.54) is 0 Å². The molecule has 14 heavy (non-hydrogen) atoms. The van der Waals surface area contributed by atoms with Gasteiger partial charge in [0.15, 0.2) is 0 Å². The zero-order valence-corrected chi connectivity index (χ0v) is 8.41. The van der Waals surface area contributed by atoms with Crippen LogP contribution in [0, 0.1) is 0 Å². The van der Waals surface area contributed by atoms with E-state index in [0.717, 1.165) is 23.0 Å². The second-order valence-electron chi connectivity index (χ2n) is 3.74. The maximum atomic E-state index is 9.74. The molecule has 3 heteroatoms. The standard InChI is InChI=1S/C11H14N2O/c1-13(2)7-9-8-5-6-12-10(8)3-4-11(9)14/h3-6,12,14H,7H2,1-2H3. The Morgan fingerprint density at radius 2 is 2.07 bits per heavy atom. The molecular weight excluding hydrogens is 176 g/mol. The molecule has 2 rings (SSSR count). The number of aromatic hydroxyl groups is 1. The number of benzene rings is 1. The van der Waals surface area contributed by atoms with Crippen molar-refractivity contribution in [3.05, 3.63) is 30.0 Å². The van der Waals surface area contributed by atoms with E-state index in [1.54, 1.807) is 6.07 Å². The van der Waals surface area contributed by atoms with E-state index < -0.39 is 0 Å². The highest BCUT2D eigenvalue weighted by Gasteiger charge is 2.07. The first-order chi connectivity index (χ1) is 6.68. The van der Waals surface area contributed by atoms with Crippen molar-refractivity contribution in [3.8, 4) is 5.75 Å². The van der Waals surface area contributed by atoms with Gasteiger partial charge in [0.1, 0.15) is 5.75 Å². The first-order valence-corrected chi connectivity index (χ1v) is 4.61. The molecular formula is C11H14N2O. The number of phenolic OH excluding ortho intramolecular Hbond substituents is 1. The lowest BCUT2D eigenvalue weighted by atomic mass is 10.1. The number of aromatic nitrogens is 1. The summed E-state index contributed by atoms with van der Waals surface area (Å²) >= 11 is 0. The maximum Gasteiger partial charge on any atom is 0.120 e. The van der Waals surface area contributed by atoms with Crippen molar-refractivity contribution >= 4 is 10.9 Å². The number of hydrogen-bond donors (Lipinski definition) is 2. The van der Waals surface area contributed by atoms with Crippen molar-refractivity contribution in [1.29, 1.82) is 0 Å². The first kappa shape index (κ1) is 9.09. The Hall–Kier alpha value is -1.48. The fraction of sp³-hybridized carbons (Fsp3) is 0.273. The number of aromatic amines is 1. The van der Waals surface area contributed by atoms with Gasteiger partial charge < -0.3 is 15.0 Å². The predicted molar refractivity (Wildman–Crippen MR) is 57.4 cm³/mol. The second-order valence-corrected chi connectivity index (χ2v) is 3.74. The van der Waals surface area contributed by atoms with E-state index in [1.807, 2.05) is 37.3 Å². The largest absolute Gasteiger partial charge is 0.508 e. The van der Waals surface area contributed by atoms with Crippen LogP contribution in [0.3, 0.4) is 0 Å². The van der Waals surface area contributed by atoms with Crippen LogP contribution in [0.1, 0.15) is 5.56 Å². The lowest BCUT2D eigenvalue weighted by Gasteiger charge is -2.12. The molecule has 0 aliphatic rings. The molecule has 0 unspecified atom stereocenters. The zero-order valence-electron chi connectivity index (χ0n) is 8.41. The van der Waals surface area contributed by atoms with Crippen LogP contribution >= 0.6 is 0 Å². The maximum absolute atomic E-state index is 9.74. The summed E-state index contributed by atoms with van der Waals surface area (Å²) in [5.41, 5.74) is 2.05. The quantitative estimate of drug-likeness (QED) is 0.759. The number of H-pyrrole nitrogens is 1. The van der Waals surface area contributed by atoms with Crippen LogP contribution in [0.5, 0.6) is 5.75 Å². The number of nitrogens with zero attached hydrogens (tertiary/aromatic N) is 1. The Kier molecular flexibility index (Phi) is 2.17. The zero-order chi connectivity index (χ0) is 10.1. The summed E-state index contributed by atoms with van der Waals surface area (Å²) in [5, 5.41) is 10.8. The van der Waals surface area contributed by atoms with Crippen LogP contribution in [0.2, 0.25) is 0 Å². The summed E-state index contributed by atoms with van der Waals surface area (Å²) in [6.07, 6.45) is 1.89. The summed E-state index contributed by atoms with van der Waals surface area (Å²) in [6, 6.07) is 5.62. The van der Waals surface area contributed by atoms with Gasteiger partial charge in [-0.2, -0.15) is 0 Å². The van der Waals surface area contributed by atoms with Gasteiger partial charge in [-0.05, 0) is 32.3 Å². The normalized spacial score (nSPS) is 11.4. The molecule has 1 aromatic carbocycles. The average molecular weight is 190 g/mol. The minimum Gasteiger partial charge on any atom is -0.508 e. The monoisotopic (exact) mass is 190 g/mol. The molecule has 0 aliphatic carbocycles. The van der Waals surface area contributed by atoms with Crippen molar-refractivity contribution in [2.45, 2.75) is 6.54 Å². The van der Waals surface area contributed by atoms with E-state index in [9.17, 15) is 5.11 Å². The van der Waals surface area contributed by atoms with Gasteiger partial charge in [0.25, 0.3) is 0 Å². The number of rotatable bonds is 2. The summed E-state index contributed by atoms with van der Waals surface area (Å²) in [4.78, 5) is 5.17. The molecule has 74 valence electrons. The topological polar surface area (TPSA) is 39.3 Å². The molecule has 0 atom stereocenters. The van der Waals surface area contributed by atoms with E-state index in [0.29, 0.717) is 5.75 Å². The molecule has 0 radical (unpaired) electrons. The Morgan fingerprint density at radius 3 is 2.79 bits per heavy atom. The fourth-order valence-corrected chi connectivity index (χ4v) is 1.67. The summed E-state index contributed by atoms with van der Waals surface area (Å²) in [7, 11) is 3.98. The highest BCUT2D eigenvalue weighted by molar-refractivity contribution is 5.85. The third kappa shape index (κ3) is 1.46. The highest BCUT2D eigenvalue weighted by Crippen LogP contribution is 2.27. The van der Waals surface area contributed by atoms with E-state index >= 15 is 0 Å². The van der Waals surface area contributed by atoms with Crippen LogP contribution in [-0.2, 0) is 6.54 Å². The number of phenols is 1. The molecule has 0 saturated carbocycles. The number of hydrogen-bond acceptors (Lipinski definition) is 2. The van der Waals surface area contributed by atoms with Crippen molar-refractivity contribution < 1.29 is 5.11 Å². The lowest BCUT2D eigenvalue weighted by Crippen LogP contribution is -2.10. The first-order valence-electron chi connectivity index (χ1n) is 4.61. The average Bonchev–Trinajstić information content (AvgIpc) is 2.57. The van der Waals surface area contributed by atoms with Crippen LogP contribution in [0.25, 0.3) is 10.9 Å². The Labute approximate surface area is 83.0 Å². The molecule has 0 saturated heterocycles.